The van der Waals surface area contributed by atoms with Crippen molar-refractivity contribution in [3.05, 3.63) is 30.1 Å². The van der Waals surface area contributed by atoms with E-state index in [1.54, 1.807) is 19.0 Å². The minimum Gasteiger partial charge on any atom is -0.356 e. The molecule has 0 spiro atoms. The number of nitrogens with zero attached hydrogens (tertiary/aromatic N) is 3. The van der Waals surface area contributed by atoms with E-state index in [1.165, 1.54) is 19.3 Å². The fourth-order valence-electron chi connectivity index (χ4n) is 3.00. The van der Waals surface area contributed by atoms with Crippen LogP contribution in [0.25, 0.3) is 0 Å². The Balaban J connectivity index is 0.00000338. The number of hydrogen-bond donors (Lipinski definition) is 2. The Bertz CT molecular complexity index is 564. The van der Waals surface area contributed by atoms with Crippen LogP contribution in [0.3, 0.4) is 0 Å². The highest BCUT2D eigenvalue weighted by Crippen LogP contribution is 2.23. The maximum absolute atomic E-state index is 11.9. The van der Waals surface area contributed by atoms with Crippen LogP contribution in [0.4, 0.5) is 0 Å². The second-order valence-electron chi connectivity index (χ2n) is 6.96. The molecule has 2 unspecified atom stereocenters. The minimum absolute atomic E-state index is 0. The fraction of sp³-hybridized carbons (Fsp3) is 0.632. The Morgan fingerprint density at radius 3 is 2.73 bits per heavy atom. The molecule has 6 nitrogen and oxygen atoms in total. The number of pyridine rings is 1. The van der Waals surface area contributed by atoms with E-state index >= 15 is 0 Å². The molecule has 26 heavy (non-hydrogen) atoms. The van der Waals surface area contributed by atoms with Gasteiger partial charge in [0.05, 0.1) is 0 Å². The molecular formula is C19H32IN5O. The second-order valence-corrected chi connectivity index (χ2v) is 6.96. The molecule has 1 amide bonds. The first-order chi connectivity index (χ1) is 12.1. The Morgan fingerprint density at radius 2 is 2.08 bits per heavy atom. The van der Waals surface area contributed by atoms with Gasteiger partial charge < -0.3 is 15.5 Å². The number of carbonyl (C=O) groups excluding carboxylic acids is 1. The van der Waals surface area contributed by atoms with E-state index in [0.717, 1.165) is 31.0 Å². The molecule has 1 aromatic heterocycles. The molecule has 1 fully saturated rings. The molecular weight excluding hydrogens is 441 g/mol. The van der Waals surface area contributed by atoms with Crippen LogP contribution in [0, 0.1) is 5.92 Å². The predicted octanol–water partition coefficient (Wildman–Crippen LogP) is 2.44. The zero-order valence-electron chi connectivity index (χ0n) is 16.1. The molecule has 0 bridgehead atoms. The van der Waals surface area contributed by atoms with Crippen molar-refractivity contribution in [2.24, 2.45) is 10.9 Å². The zero-order valence-corrected chi connectivity index (χ0v) is 18.4. The average molecular weight is 473 g/mol. The van der Waals surface area contributed by atoms with E-state index in [9.17, 15) is 4.79 Å². The van der Waals surface area contributed by atoms with Gasteiger partial charge in [-0.25, -0.2) is 4.99 Å². The third-order valence-corrected chi connectivity index (χ3v) is 4.70. The summed E-state index contributed by atoms with van der Waals surface area (Å²) in [7, 11) is 3.51. The van der Waals surface area contributed by atoms with Crippen LogP contribution in [-0.2, 0) is 11.2 Å². The van der Waals surface area contributed by atoms with Gasteiger partial charge in [-0.15, -0.1) is 24.0 Å². The third kappa shape index (κ3) is 7.88. The van der Waals surface area contributed by atoms with Gasteiger partial charge in [-0.05, 0) is 30.9 Å². The van der Waals surface area contributed by atoms with Crippen LogP contribution in [0.15, 0.2) is 29.4 Å². The van der Waals surface area contributed by atoms with Crippen molar-refractivity contribution in [2.75, 3.05) is 27.2 Å². The largest absolute Gasteiger partial charge is 0.356 e. The number of nitrogens with one attached hydrogen (secondary N) is 2. The fourth-order valence-corrected chi connectivity index (χ4v) is 3.00. The van der Waals surface area contributed by atoms with Crippen molar-refractivity contribution in [3.8, 4) is 0 Å². The van der Waals surface area contributed by atoms with Crippen LogP contribution < -0.4 is 10.6 Å². The van der Waals surface area contributed by atoms with E-state index in [2.05, 4.69) is 27.5 Å². The van der Waals surface area contributed by atoms with Gasteiger partial charge in [0.2, 0.25) is 5.91 Å². The standard InChI is InChI=1S/C19H31N5O.HI/c1-15-8-4-5-10-17(15)23-19(22-14-18(25)24(2)3)21-13-11-16-9-6-7-12-20-16;/h6-7,9,12,15,17H,4-5,8,10-11,13-14H2,1-3H3,(H2,21,22,23);1H. The van der Waals surface area contributed by atoms with E-state index < -0.39 is 0 Å². The van der Waals surface area contributed by atoms with Gasteiger partial charge in [0.15, 0.2) is 5.96 Å². The number of hydrogen-bond acceptors (Lipinski definition) is 3. The smallest absolute Gasteiger partial charge is 0.243 e. The lowest BCUT2D eigenvalue weighted by Gasteiger charge is -2.31. The molecule has 1 aromatic rings. The molecule has 1 saturated carbocycles. The summed E-state index contributed by atoms with van der Waals surface area (Å²) in [4.78, 5) is 22.2. The molecule has 1 heterocycles. The van der Waals surface area contributed by atoms with Crippen molar-refractivity contribution in [2.45, 2.75) is 45.1 Å². The number of halogens is 1. The van der Waals surface area contributed by atoms with Crippen LogP contribution >= 0.6 is 24.0 Å². The Morgan fingerprint density at radius 1 is 1.31 bits per heavy atom. The lowest BCUT2D eigenvalue weighted by Crippen LogP contribution is -2.48. The number of aromatic nitrogens is 1. The van der Waals surface area contributed by atoms with E-state index in [1.807, 2.05) is 24.4 Å². The Kier molecular flexibility index (Phi) is 10.5. The molecule has 2 atom stereocenters. The average Bonchev–Trinajstić information content (AvgIpc) is 2.61. The highest BCUT2D eigenvalue weighted by atomic mass is 127. The molecule has 7 heteroatoms. The maximum Gasteiger partial charge on any atom is 0.243 e. The van der Waals surface area contributed by atoms with Crippen LogP contribution in [0.5, 0.6) is 0 Å². The lowest BCUT2D eigenvalue weighted by atomic mass is 9.86. The first kappa shape index (κ1) is 22.7. The second kappa shape index (κ2) is 12.1. The predicted molar refractivity (Wildman–Crippen MR) is 117 cm³/mol. The maximum atomic E-state index is 11.9. The van der Waals surface area contributed by atoms with Gasteiger partial charge in [0.1, 0.15) is 6.54 Å². The molecule has 2 rings (SSSR count). The van der Waals surface area contributed by atoms with E-state index in [-0.39, 0.29) is 36.4 Å². The van der Waals surface area contributed by atoms with E-state index in [0.29, 0.717) is 12.0 Å². The summed E-state index contributed by atoms with van der Waals surface area (Å²) in [6, 6.07) is 6.35. The zero-order chi connectivity index (χ0) is 18.1. The first-order valence-electron chi connectivity index (χ1n) is 9.21. The monoisotopic (exact) mass is 473 g/mol. The van der Waals surface area contributed by atoms with Gasteiger partial charge >= 0.3 is 0 Å². The highest BCUT2D eigenvalue weighted by Gasteiger charge is 2.22. The molecule has 146 valence electrons. The summed E-state index contributed by atoms with van der Waals surface area (Å²) in [5.41, 5.74) is 1.05. The van der Waals surface area contributed by atoms with Gasteiger partial charge in [0.25, 0.3) is 0 Å². The number of carbonyl (C=O) groups is 1. The van der Waals surface area contributed by atoms with Crippen molar-refractivity contribution >= 4 is 35.8 Å². The van der Waals surface area contributed by atoms with Crippen LogP contribution in [0.1, 0.15) is 38.3 Å². The third-order valence-electron chi connectivity index (χ3n) is 4.70. The molecule has 0 radical (unpaired) electrons. The number of aliphatic imine (C=N–C) groups is 1. The Hall–Kier alpha value is -1.38. The summed E-state index contributed by atoms with van der Waals surface area (Å²) in [6.07, 6.45) is 7.59. The van der Waals surface area contributed by atoms with Crippen molar-refractivity contribution in [1.82, 2.24) is 20.5 Å². The summed E-state index contributed by atoms with van der Waals surface area (Å²) < 4.78 is 0. The number of amides is 1. The molecule has 0 saturated heterocycles. The van der Waals surface area contributed by atoms with Crippen LogP contribution in [-0.4, -0.2) is 55.0 Å². The molecule has 1 aliphatic rings. The van der Waals surface area contributed by atoms with Crippen LogP contribution in [0.2, 0.25) is 0 Å². The lowest BCUT2D eigenvalue weighted by molar-refractivity contribution is -0.127. The summed E-state index contributed by atoms with van der Waals surface area (Å²) in [5, 5.41) is 6.89. The minimum atomic E-state index is 0. The topological polar surface area (TPSA) is 69.6 Å². The number of likely N-dealkylation sites (N-methyl/N-ethyl adjacent to an activating group) is 1. The molecule has 2 N–H and O–H groups in total. The molecule has 1 aliphatic carbocycles. The van der Waals surface area contributed by atoms with Gasteiger partial charge in [-0.1, -0.05) is 25.8 Å². The summed E-state index contributed by atoms with van der Waals surface area (Å²) in [6.45, 7) is 3.18. The Labute approximate surface area is 174 Å². The summed E-state index contributed by atoms with van der Waals surface area (Å²) in [5.74, 6) is 1.36. The van der Waals surface area contributed by atoms with E-state index in [4.69, 9.17) is 0 Å². The van der Waals surface area contributed by atoms with Crippen molar-refractivity contribution < 1.29 is 4.79 Å². The number of rotatable bonds is 6. The first-order valence-corrected chi connectivity index (χ1v) is 9.21. The quantitative estimate of drug-likeness (QED) is 0.379. The van der Waals surface area contributed by atoms with Gasteiger partial charge in [0, 0.05) is 45.0 Å². The normalized spacial score (nSPS) is 20.0. The van der Waals surface area contributed by atoms with Crippen molar-refractivity contribution in [1.29, 1.82) is 0 Å². The van der Waals surface area contributed by atoms with Gasteiger partial charge in [-0.3, -0.25) is 9.78 Å². The molecule has 0 aliphatic heterocycles. The number of guanidine groups is 1. The summed E-state index contributed by atoms with van der Waals surface area (Å²) >= 11 is 0. The SMILES string of the molecule is CC1CCCCC1NC(=NCC(=O)N(C)C)NCCc1ccccn1.I. The highest BCUT2D eigenvalue weighted by molar-refractivity contribution is 14.0. The van der Waals surface area contributed by atoms with Gasteiger partial charge in [-0.2, -0.15) is 0 Å². The molecule has 0 aromatic carbocycles. The van der Waals surface area contributed by atoms with Crippen molar-refractivity contribution in [3.63, 3.8) is 0 Å².